The minimum atomic E-state index is -0.947. The largest absolute Gasteiger partial charge is 0.467 e. The number of amides is 1. The van der Waals surface area contributed by atoms with E-state index < -0.39 is 23.7 Å². The second-order valence-electron chi connectivity index (χ2n) is 4.46. The van der Waals surface area contributed by atoms with Gasteiger partial charge in [0.15, 0.2) is 6.04 Å². The van der Waals surface area contributed by atoms with E-state index in [0.717, 1.165) is 6.07 Å². The first kappa shape index (κ1) is 16.4. The van der Waals surface area contributed by atoms with E-state index in [9.17, 15) is 14.0 Å². The molecule has 0 bridgehead atoms. The van der Waals surface area contributed by atoms with Crippen LogP contribution in [0.3, 0.4) is 0 Å². The molecule has 2 rings (SSSR count). The number of hydrogen-bond donors (Lipinski definition) is 1. The van der Waals surface area contributed by atoms with Crippen LogP contribution in [0.25, 0.3) is 0 Å². The third kappa shape index (κ3) is 3.82. The highest BCUT2D eigenvalue weighted by Crippen LogP contribution is 2.18. The lowest BCUT2D eigenvalue weighted by molar-refractivity contribution is -0.143. The van der Waals surface area contributed by atoms with Crippen LogP contribution >= 0.6 is 22.6 Å². The van der Waals surface area contributed by atoms with Gasteiger partial charge in [-0.2, -0.15) is 0 Å². The normalized spacial score (nSPS) is 11.6. The van der Waals surface area contributed by atoms with E-state index in [2.05, 4.69) is 5.32 Å². The summed E-state index contributed by atoms with van der Waals surface area (Å²) in [6.45, 7) is 0. The summed E-state index contributed by atoms with van der Waals surface area (Å²) >= 11 is 1.94. The number of esters is 1. The molecule has 0 aliphatic carbocycles. The molecule has 114 valence electrons. The number of nitrogens with one attached hydrogen (secondary N) is 1. The molecule has 1 unspecified atom stereocenters. The summed E-state index contributed by atoms with van der Waals surface area (Å²) in [5, 5.41) is 2.58. The summed E-state index contributed by atoms with van der Waals surface area (Å²) < 4.78 is 18.6. The molecule has 0 spiro atoms. The van der Waals surface area contributed by atoms with Gasteiger partial charge in [0.25, 0.3) is 5.91 Å². The van der Waals surface area contributed by atoms with Crippen molar-refractivity contribution in [3.05, 3.63) is 69.0 Å². The molecule has 22 heavy (non-hydrogen) atoms. The van der Waals surface area contributed by atoms with Gasteiger partial charge >= 0.3 is 5.97 Å². The average Bonchev–Trinajstić information content (AvgIpc) is 2.54. The second-order valence-corrected chi connectivity index (χ2v) is 5.63. The van der Waals surface area contributed by atoms with Gasteiger partial charge in [-0.05, 0) is 46.4 Å². The van der Waals surface area contributed by atoms with Crippen LogP contribution in [0.4, 0.5) is 4.39 Å². The molecule has 1 atom stereocenters. The summed E-state index contributed by atoms with van der Waals surface area (Å²) in [7, 11) is 1.25. The first-order valence-corrected chi connectivity index (χ1v) is 7.49. The lowest BCUT2D eigenvalue weighted by atomic mass is 10.1. The Hall–Kier alpha value is -1.96. The molecule has 0 aliphatic heterocycles. The van der Waals surface area contributed by atoms with Crippen LogP contribution in [0.1, 0.15) is 22.0 Å². The maximum absolute atomic E-state index is 13.3. The molecule has 0 saturated carbocycles. The van der Waals surface area contributed by atoms with Gasteiger partial charge in [0.1, 0.15) is 5.82 Å². The number of rotatable bonds is 4. The number of carbonyl (C=O) groups excluding carboxylic acids is 2. The van der Waals surface area contributed by atoms with Crippen molar-refractivity contribution >= 4 is 34.5 Å². The monoisotopic (exact) mass is 413 g/mol. The molecule has 2 aromatic rings. The van der Waals surface area contributed by atoms with Gasteiger partial charge in [0.2, 0.25) is 0 Å². The van der Waals surface area contributed by atoms with Gasteiger partial charge < -0.3 is 10.1 Å². The van der Waals surface area contributed by atoms with E-state index in [-0.39, 0.29) is 5.56 Å². The molecule has 2 aromatic carbocycles. The number of ether oxygens (including phenoxy) is 1. The smallest absolute Gasteiger partial charge is 0.333 e. The second kappa shape index (κ2) is 7.35. The highest BCUT2D eigenvalue weighted by molar-refractivity contribution is 14.1. The van der Waals surface area contributed by atoms with Crippen molar-refractivity contribution < 1.29 is 18.7 Å². The maximum Gasteiger partial charge on any atom is 0.333 e. The Bertz CT molecular complexity index is 691. The highest BCUT2D eigenvalue weighted by Gasteiger charge is 2.24. The summed E-state index contributed by atoms with van der Waals surface area (Å²) in [5.74, 6) is -1.64. The Labute approximate surface area is 140 Å². The highest BCUT2D eigenvalue weighted by atomic mass is 127. The molecule has 0 heterocycles. The molecular weight excluding hydrogens is 400 g/mol. The number of carbonyl (C=O) groups is 2. The van der Waals surface area contributed by atoms with Crippen LogP contribution in [0.15, 0.2) is 48.5 Å². The fourth-order valence-electron chi connectivity index (χ4n) is 1.92. The molecule has 1 amide bonds. The number of benzene rings is 2. The van der Waals surface area contributed by atoms with Gasteiger partial charge in [0.05, 0.1) is 12.7 Å². The Morgan fingerprint density at radius 2 is 1.86 bits per heavy atom. The maximum atomic E-state index is 13.3. The molecule has 0 aliphatic rings. The number of hydrogen-bond acceptors (Lipinski definition) is 3. The van der Waals surface area contributed by atoms with Crippen LogP contribution in [-0.2, 0) is 9.53 Å². The lowest BCUT2D eigenvalue weighted by Crippen LogP contribution is -2.35. The van der Waals surface area contributed by atoms with E-state index >= 15 is 0 Å². The van der Waals surface area contributed by atoms with Crippen LogP contribution in [0.2, 0.25) is 0 Å². The zero-order valence-corrected chi connectivity index (χ0v) is 13.8. The van der Waals surface area contributed by atoms with E-state index in [0.29, 0.717) is 9.13 Å². The number of halogens is 2. The molecule has 0 aromatic heterocycles. The van der Waals surface area contributed by atoms with E-state index in [1.807, 2.05) is 22.6 Å². The zero-order chi connectivity index (χ0) is 16.1. The molecular formula is C16H13FINO3. The fraction of sp³-hybridized carbons (Fsp3) is 0.125. The SMILES string of the molecule is COC(=O)C(NC(=O)c1cc(F)ccc1I)c1ccccc1. The van der Waals surface area contributed by atoms with Gasteiger partial charge in [-0.25, -0.2) is 9.18 Å². The lowest BCUT2D eigenvalue weighted by Gasteiger charge is -2.17. The summed E-state index contributed by atoms with van der Waals surface area (Å²) in [6.07, 6.45) is 0. The van der Waals surface area contributed by atoms with Crippen molar-refractivity contribution in [1.29, 1.82) is 0 Å². The minimum absolute atomic E-state index is 0.172. The Morgan fingerprint density at radius 1 is 1.18 bits per heavy atom. The van der Waals surface area contributed by atoms with Crippen molar-refractivity contribution in [2.45, 2.75) is 6.04 Å². The molecule has 4 nitrogen and oxygen atoms in total. The van der Waals surface area contributed by atoms with E-state index in [1.165, 1.54) is 19.2 Å². The third-order valence-corrected chi connectivity index (χ3v) is 3.96. The first-order valence-electron chi connectivity index (χ1n) is 6.41. The van der Waals surface area contributed by atoms with Crippen molar-refractivity contribution in [3.63, 3.8) is 0 Å². The molecule has 0 saturated heterocycles. The number of methoxy groups -OCH3 is 1. The van der Waals surface area contributed by atoms with Gasteiger partial charge in [-0.15, -0.1) is 0 Å². The van der Waals surface area contributed by atoms with Crippen molar-refractivity contribution in [3.8, 4) is 0 Å². The quantitative estimate of drug-likeness (QED) is 0.620. The zero-order valence-electron chi connectivity index (χ0n) is 11.7. The van der Waals surface area contributed by atoms with Crippen LogP contribution in [0.5, 0.6) is 0 Å². The van der Waals surface area contributed by atoms with Crippen molar-refractivity contribution in [1.82, 2.24) is 5.32 Å². The summed E-state index contributed by atoms with van der Waals surface area (Å²) in [5.41, 5.74) is 0.763. The summed E-state index contributed by atoms with van der Waals surface area (Å²) in [6, 6.07) is 11.7. The Morgan fingerprint density at radius 3 is 2.50 bits per heavy atom. The van der Waals surface area contributed by atoms with Crippen LogP contribution in [-0.4, -0.2) is 19.0 Å². The Kier molecular flexibility index (Phi) is 5.48. The third-order valence-electron chi connectivity index (χ3n) is 3.02. The Balaban J connectivity index is 2.29. The van der Waals surface area contributed by atoms with Gasteiger partial charge in [0, 0.05) is 3.57 Å². The van der Waals surface area contributed by atoms with Crippen LogP contribution in [0, 0.1) is 9.39 Å². The fourth-order valence-corrected chi connectivity index (χ4v) is 2.50. The first-order chi connectivity index (χ1) is 10.5. The summed E-state index contributed by atoms with van der Waals surface area (Å²) in [4.78, 5) is 24.2. The average molecular weight is 413 g/mol. The topological polar surface area (TPSA) is 55.4 Å². The minimum Gasteiger partial charge on any atom is -0.467 e. The van der Waals surface area contributed by atoms with E-state index in [1.54, 1.807) is 30.3 Å². The standard InChI is InChI=1S/C16H13FINO3/c1-22-16(21)14(10-5-3-2-4-6-10)19-15(20)12-9-11(17)7-8-13(12)18/h2-9,14H,1H3,(H,19,20). The molecule has 0 radical (unpaired) electrons. The van der Waals surface area contributed by atoms with Crippen molar-refractivity contribution in [2.75, 3.05) is 7.11 Å². The predicted octanol–water partition coefficient (Wildman–Crippen LogP) is 3.07. The van der Waals surface area contributed by atoms with Gasteiger partial charge in [-0.1, -0.05) is 30.3 Å². The van der Waals surface area contributed by atoms with E-state index in [4.69, 9.17) is 4.74 Å². The molecule has 0 fully saturated rings. The van der Waals surface area contributed by atoms with Crippen LogP contribution < -0.4 is 5.32 Å². The molecule has 1 N–H and O–H groups in total. The predicted molar refractivity (Wildman–Crippen MR) is 87.8 cm³/mol. The van der Waals surface area contributed by atoms with Crippen molar-refractivity contribution in [2.24, 2.45) is 0 Å². The van der Waals surface area contributed by atoms with Gasteiger partial charge in [-0.3, -0.25) is 4.79 Å². The molecule has 6 heteroatoms.